The third kappa shape index (κ3) is 4.72. The Hall–Kier alpha value is -5.50. The number of rotatable bonds is 4. The molecule has 0 saturated carbocycles. The zero-order valence-corrected chi connectivity index (χ0v) is 28.9. The molecule has 0 saturated heterocycles. The molecule has 7 aromatic carbocycles. The summed E-state index contributed by atoms with van der Waals surface area (Å²) in [5, 5.41) is 6.68. The molecule has 50 heavy (non-hydrogen) atoms. The molecule has 10 rings (SSSR count). The van der Waals surface area contributed by atoms with E-state index in [1.165, 1.54) is 97.7 Å². The molecule has 0 bridgehead atoms. The maximum Gasteiger partial charge on any atom is 0.0427 e. The molecule has 0 spiro atoms. The molecule has 8 aromatic rings. The second-order valence-electron chi connectivity index (χ2n) is 14.0. The number of fused-ring (bicyclic) bond motifs is 7. The Morgan fingerprint density at radius 1 is 0.520 bits per heavy atom. The van der Waals surface area contributed by atoms with E-state index in [4.69, 9.17) is 0 Å². The van der Waals surface area contributed by atoms with E-state index in [-0.39, 0.29) is 0 Å². The lowest BCUT2D eigenvalue weighted by molar-refractivity contribution is 0.804. The minimum Gasteiger partial charge on any atom is -0.139 e. The van der Waals surface area contributed by atoms with Gasteiger partial charge in [0.15, 0.2) is 0 Å². The molecule has 2 aliphatic carbocycles. The first-order valence-corrected chi connectivity index (χ1v) is 18.7. The number of hydrogen-bond donors (Lipinski definition) is 0. The van der Waals surface area contributed by atoms with Crippen molar-refractivity contribution in [2.45, 2.75) is 32.1 Å². The van der Waals surface area contributed by atoms with Gasteiger partial charge in [-0.25, -0.2) is 0 Å². The van der Waals surface area contributed by atoms with Gasteiger partial charge in [-0.1, -0.05) is 140 Å². The molecule has 238 valence electrons. The van der Waals surface area contributed by atoms with E-state index >= 15 is 0 Å². The molecule has 0 aliphatic heterocycles. The van der Waals surface area contributed by atoms with E-state index in [0.717, 1.165) is 19.3 Å². The van der Waals surface area contributed by atoms with E-state index < -0.39 is 0 Å². The van der Waals surface area contributed by atoms with Gasteiger partial charge in [0.1, 0.15) is 0 Å². The fourth-order valence-corrected chi connectivity index (χ4v) is 9.98. The summed E-state index contributed by atoms with van der Waals surface area (Å²) >= 11 is 2.03. The van der Waals surface area contributed by atoms with Crippen LogP contribution in [0.3, 0.4) is 0 Å². The normalized spacial score (nSPS) is 15.3. The Labute approximate surface area is 297 Å². The number of aryl methyl sites for hydroxylation is 1. The van der Waals surface area contributed by atoms with Gasteiger partial charge in [-0.2, -0.15) is 0 Å². The van der Waals surface area contributed by atoms with Crippen LogP contribution >= 0.6 is 11.3 Å². The number of hydrogen-bond acceptors (Lipinski definition) is 1. The van der Waals surface area contributed by atoms with Crippen LogP contribution in [0.4, 0.5) is 0 Å². The molecule has 1 heteroatoms. The Kier molecular flexibility index (Phi) is 6.96. The van der Waals surface area contributed by atoms with E-state index in [1.807, 2.05) is 11.3 Å². The Morgan fingerprint density at radius 3 is 1.70 bits per heavy atom. The average Bonchev–Trinajstić information content (AvgIpc) is 3.57. The largest absolute Gasteiger partial charge is 0.139 e. The summed E-state index contributed by atoms with van der Waals surface area (Å²) in [4.78, 5) is 1.53. The SMILES string of the molecule is CC1CC(c2c3ccccc3c(-c3cc(-c4ccccc4)cc(-c4ccccc4)c3)c3ccccc23)=Cc2c1sc1c3c(ccc21)CCC=C3. The Morgan fingerprint density at radius 2 is 1.08 bits per heavy atom. The van der Waals surface area contributed by atoms with Gasteiger partial charge >= 0.3 is 0 Å². The second kappa shape index (κ2) is 11.8. The van der Waals surface area contributed by atoms with Crippen molar-refractivity contribution in [3.05, 3.63) is 173 Å². The second-order valence-corrected chi connectivity index (χ2v) is 15.0. The summed E-state index contributed by atoms with van der Waals surface area (Å²) in [5.74, 6) is 0.457. The zero-order valence-electron chi connectivity index (χ0n) is 28.1. The lowest BCUT2D eigenvalue weighted by Gasteiger charge is -2.24. The van der Waals surface area contributed by atoms with E-state index in [0.29, 0.717) is 5.92 Å². The molecule has 1 aromatic heterocycles. The van der Waals surface area contributed by atoms with Crippen molar-refractivity contribution in [2.24, 2.45) is 0 Å². The fraction of sp³-hybridized carbons (Fsp3) is 0.102. The molecular formula is C49H36S. The first-order valence-electron chi connectivity index (χ1n) is 17.9. The number of benzene rings is 7. The smallest absolute Gasteiger partial charge is 0.0427 e. The molecule has 0 radical (unpaired) electrons. The molecule has 0 amide bonds. The summed E-state index contributed by atoms with van der Waals surface area (Å²) in [6.45, 7) is 2.43. The molecule has 0 fully saturated rings. The van der Waals surface area contributed by atoms with Gasteiger partial charge < -0.3 is 0 Å². The molecule has 1 atom stereocenters. The van der Waals surface area contributed by atoms with Gasteiger partial charge in [0.2, 0.25) is 0 Å². The number of thiophene rings is 1. The zero-order chi connectivity index (χ0) is 33.2. The van der Waals surface area contributed by atoms with E-state index in [1.54, 1.807) is 0 Å². The predicted molar refractivity (Wildman–Crippen MR) is 218 cm³/mol. The van der Waals surface area contributed by atoms with Crippen LogP contribution in [0.2, 0.25) is 0 Å². The van der Waals surface area contributed by atoms with Crippen molar-refractivity contribution in [3.8, 4) is 33.4 Å². The van der Waals surface area contributed by atoms with Crippen LogP contribution in [0.25, 0.3) is 82.7 Å². The summed E-state index contributed by atoms with van der Waals surface area (Å²) in [6.07, 6.45) is 10.6. The maximum absolute atomic E-state index is 2.55. The van der Waals surface area contributed by atoms with Crippen LogP contribution in [0.15, 0.2) is 146 Å². The molecule has 1 unspecified atom stereocenters. The minimum absolute atomic E-state index is 0.457. The predicted octanol–water partition coefficient (Wildman–Crippen LogP) is 14.2. The first-order chi connectivity index (χ1) is 24.7. The number of allylic oxidation sites excluding steroid dienone is 2. The molecule has 1 heterocycles. The van der Waals surface area contributed by atoms with Gasteiger partial charge in [0.05, 0.1) is 0 Å². The molecule has 2 aliphatic rings. The summed E-state index contributed by atoms with van der Waals surface area (Å²) in [6, 6.07) is 51.8. The van der Waals surface area contributed by atoms with E-state index in [2.05, 4.69) is 165 Å². The van der Waals surface area contributed by atoms with Gasteiger partial charge in [-0.3, -0.25) is 0 Å². The van der Waals surface area contributed by atoms with Gasteiger partial charge in [-0.15, -0.1) is 11.3 Å². The monoisotopic (exact) mass is 656 g/mol. The van der Waals surface area contributed by atoms with Gasteiger partial charge in [0.25, 0.3) is 0 Å². The standard InChI is InChI=1S/C49H36S/c1-31-26-37(30-45-44-25-24-34-18-8-9-19-39(34)49(44)50-48(31)45)46-40-20-10-12-22-42(40)47(43-23-13-11-21-41(43)46)38-28-35(32-14-4-2-5-15-32)27-36(29-38)33-16-6-3-7-17-33/h2-7,9-17,19-25,27-31H,8,18,26H2,1H3. The van der Waals surface area contributed by atoms with Crippen molar-refractivity contribution in [1.29, 1.82) is 0 Å². The van der Waals surface area contributed by atoms with Crippen molar-refractivity contribution >= 4 is 60.7 Å². The summed E-state index contributed by atoms with van der Waals surface area (Å²) in [5.41, 5.74) is 14.7. The molecule has 0 N–H and O–H groups in total. The Bertz CT molecular complexity index is 2550. The lowest BCUT2D eigenvalue weighted by atomic mass is 9.80. The van der Waals surface area contributed by atoms with E-state index in [9.17, 15) is 0 Å². The van der Waals surface area contributed by atoms with Crippen LogP contribution in [0, 0.1) is 0 Å². The maximum atomic E-state index is 2.55. The van der Waals surface area contributed by atoms with Crippen LogP contribution < -0.4 is 0 Å². The van der Waals surface area contributed by atoms with Crippen LogP contribution in [0.5, 0.6) is 0 Å². The van der Waals surface area contributed by atoms with Crippen LogP contribution in [0.1, 0.15) is 52.8 Å². The average molecular weight is 657 g/mol. The highest BCUT2D eigenvalue weighted by atomic mass is 32.1. The van der Waals surface area contributed by atoms with Gasteiger partial charge in [-0.05, 0) is 132 Å². The van der Waals surface area contributed by atoms with Crippen molar-refractivity contribution in [3.63, 3.8) is 0 Å². The quantitative estimate of drug-likeness (QED) is 0.165. The van der Waals surface area contributed by atoms with Crippen molar-refractivity contribution < 1.29 is 0 Å². The first kappa shape index (κ1) is 29.4. The van der Waals surface area contributed by atoms with Crippen LogP contribution in [-0.4, -0.2) is 0 Å². The van der Waals surface area contributed by atoms with Gasteiger partial charge in [0, 0.05) is 15.0 Å². The Balaban J connectivity index is 1.24. The lowest BCUT2D eigenvalue weighted by Crippen LogP contribution is -2.03. The molecule has 0 nitrogen and oxygen atoms in total. The summed E-state index contributed by atoms with van der Waals surface area (Å²) in [7, 11) is 0. The van der Waals surface area contributed by atoms with Crippen LogP contribution in [-0.2, 0) is 6.42 Å². The highest BCUT2D eigenvalue weighted by Gasteiger charge is 2.27. The minimum atomic E-state index is 0.457. The van der Waals surface area contributed by atoms with Crippen molar-refractivity contribution in [1.82, 2.24) is 0 Å². The molecular weight excluding hydrogens is 621 g/mol. The fourth-order valence-electron chi connectivity index (χ4n) is 8.60. The topological polar surface area (TPSA) is 0 Å². The highest BCUT2D eigenvalue weighted by Crippen LogP contribution is 2.51. The third-order valence-electron chi connectivity index (χ3n) is 10.9. The van der Waals surface area contributed by atoms with Crippen molar-refractivity contribution in [2.75, 3.05) is 0 Å². The summed E-state index contributed by atoms with van der Waals surface area (Å²) < 4.78 is 1.46. The highest BCUT2D eigenvalue weighted by molar-refractivity contribution is 7.19. The third-order valence-corrected chi connectivity index (χ3v) is 12.4.